The molecule has 86 valence electrons. The topological polar surface area (TPSA) is 43.8 Å². The van der Waals surface area contributed by atoms with E-state index < -0.39 is 0 Å². The van der Waals surface area contributed by atoms with Gasteiger partial charge in [-0.05, 0) is 30.5 Å². The van der Waals surface area contributed by atoms with E-state index in [1.54, 1.807) is 0 Å². The average molecular weight is 282 g/mol. The van der Waals surface area contributed by atoms with Crippen molar-refractivity contribution in [2.24, 2.45) is 5.92 Å². The van der Waals surface area contributed by atoms with Crippen molar-refractivity contribution in [1.29, 1.82) is 0 Å². The van der Waals surface area contributed by atoms with Crippen molar-refractivity contribution in [2.75, 3.05) is 5.73 Å². The minimum Gasteiger partial charge on any atom is -0.369 e. The lowest BCUT2D eigenvalue weighted by Crippen LogP contribution is -2.05. The summed E-state index contributed by atoms with van der Waals surface area (Å²) in [5.74, 6) is 1.28. The molecule has 1 heterocycles. The molecular weight excluding hydrogens is 266 g/mol. The zero-order valence-corrected chi connectivity index (χ0v) is 11.2. The first-order valence-corrected chi connectivity index (χ1v) is 6.28. The van der Waals surface area contributed by atoms with Gasteiger partial charge in [0.25, 0.3) is 0 Å². The molecule has 0 aliphatic carbocycles. The van der Waals surface area contributed by atoms with Crippen LogP contribution in [0.1, 0.15) is 20.3 Å². The summed E-state index contributed by atoms with van der Waals surface area (Å²) in [5.41, 5.74) is 7.99. The molecule has 1 aromatic heterocycles. The highest BCUT2D eigenvalue weighted by atomic mass is 79.9. The first-order valence-electron chi connectivity index (χ1n) is 5.49. The van der Waals surface area contributed by atoms with Gasteiger partial charge in [0, 0.05) is 11.0 Å². The van der Waals surface area contributed by atoms with Crippen LogP contribution >= 0.6 is 15.9 Å². The number of rotatable bonds is 3. The van der Waals surface area contributed by atoms with Crippen LogP contribution in [0.5, 0.6) is 0 Å². The molecule has 1 aromatic carbocycles. The first-order chi connectivity index (χ1) is 7.58. The van der Waals surface area contributed by atoms with E-state index in [1.807, 2.05) is 12.1 Å². The SMILES string of the molecule is CC(C)CCn1c(N)nc2ccc(Br)cc21. The molecule has 0 amide bonds. The van der Waals surface area contributed by atoms with Crippen molar-refractivity contribution in [3.05, 3.63) is 22.7 Å². The highest BCUT2D eigenvalue weighted by Crippen LogP contribution is 2.22. The van der Waals surface area contributed by atoms with Crippen LogP contribution in [-0.4, -0.2) is 9.55 Å². The first kappa shape index (κ1) is 11.5. The fourth-order valence-corrected chi connectivity index (χ4v) is 2.09. The van der Waals surface area contributed by atoms with Gasteiger partial charge in [-0.2, -0.15) is 0 Å². The number of nitrogens with two attached hydrogens (primary N) is 1. The van der Waals surface area contributed by atoms with Crippen LogP contribution < -0.4 is 5.73 Å². The molecule has 16 heavy (non-hydrogen) atoms. The summed E-state index contributed by atoms with van der Waals surface area (Å²) in [6.45, 7) is 5.35. The molecule has 0 radical (unpaired) electrons. The van der Waals surface area contributed by atoms with Crippen molar-refractivity contribution in [3.63, 3.8) is 0 Å². The second-order valence-corrected chi connectivity index (χ2v) is 5.35. The van der Waals surface area contributed by atoms with Gasteiger partial charge >= 0.3 is 0 Å². The van der Waals surface area contributed by atoms with E-state index in [2.05, 4.69) is 45.4 Å². The second-order valence-electron chi connectivity index (χ2n) is 4.44. The van der Waals surface area contributed by atoms with Crippen LogP contribution in [0.25, 0.3) is 11.0 Å². The van der Waals surface area contributed by atoms with Gasteiger partial charge in [-0.15, -0.1) is 0 Å². The van der Waals surface area contributed by atoms with Crippen molar-refractivity contribution < 1.29 is 0 Å². The minimum absolute atomic E-state index is 0.605. The molecule has 0 bridgehead atoms. The van der Waals surface area contributed by atoms with Crippen LogP contribution in [-0.2, 0) is 6.54 Å². The van der Waals surface area contributed by atoms with E-state index in [-0.39, 0.29) is 0 Å². The quantitative estimate of drug-likeness (QED) is 0.937. The zero-order chi connectivity index (χ0) is 11.7. The van der Waals surface area contributed by atoms with Crippen LogP contribution in [0.4, 0.5) is 5.95 Å². The molecule has 0 unspecified atom stereocenters. The highest BCUT2D eigenvalue weighted by molar-refractivity contribution is 9.10. The molecule has 0 fully saturated rings. The van der Waals surface area contributed by atoms with Gasteiger partial charge in [0.05, 0.1) is 11.0 Å². The number of nitrogens with zero attached hydrogens (tertiary/aromatic N) is 2. The Kier molecular flexibility index (Phi) is 3.19. The molecule has 3 nitrogen and oxygen atoms in total. The van der Waals surface area contributed by atoms with Gasteiger partial charge in [-0.25, -0.2) is 4.98 Å². The third-order valence-electron chi connectivity index (χ3n) is 2.67. The van der Waals surface area contributed by atoms with E-state index in [4.69, 9.17) is 5.73 Å². The summed E-state index contributed by atoms with van der Waals surface area (Å²) >= 11 is 3.47. The molecule has 4 heteroatoms. The monoisotopic (exact) mass is 281 g/mol. The van der Waals surface area contributed by atoms with E-state index in [0.29, 0.717) is 11.9 Å². The summed E-state index contributed by atoms with van der Waals surface area (Å²) in [7, 11) is 0. The third kappa shape index (κ3) is 2.21. The van der Waals surface area contributed by atoms with E-state index in [9.17, 15) is 0 Å². The third-order valence-corrected chi connectivity index (χ3v) is 3.16. The van der Waals surface area contributed by atoms with Gasteiger partial charge in [-0.3, -0.25) is 0 Å². The van der Waals surface area contributed by atoms with Crippen LogP contribution in [0.15, 0.2) is 22.7 Å². The maximum absolute atomic E-state index is 5.93. The fraction of sp³-hybridized carbons (Fsp3) is 0.417. The number of halogens is 1. The van der Waals surface area contributed by atoms with Crippen LogP contribution in [0.3, 0.4) is 0 Å². The molecule has 0 saturated heterocycles. The number of fused-ring (bicyclic) bond motifs is 1. The lowest BCUT2D eigenvalue weighted by atomic mass is 10.1. The number of hydrogen-bond acceptors (Lipinski definition) is 2. The van der Waals surface area contributed by atoms with E-state index in [1.165, 1.54) is 0 Å². The summed E-state index contributed by atoms with van der Waals surface area (Å²) < 4.78 is 3.14. The Balaban J connectivity index is 2.42. The van der Waals surface area contributed by atoms with Crippen LogP contribution in [0, 0.1) is 5.92 Å². The molecule has 0 spiro atoms. The largest absolute Gasteiger partial charge is 0.369 e. The summed E-state index contributed by atoms with van der Waals surface area (Å²) in [6.07, 6.45) is 1.11. The standard InChI is InChI=1S/C12H16BrN3/c1-8(2)5-6-16-11-7-9(13)3-4-10(11)15-12(16)14/h3-4,7-8H,5-6H2,1-2H3,(H2,14,15). The molecule has 0 aliphatic rings. The van der Waals surface area contributed by atoms with E-state index >= 15 is 0 Å². The normalized spacial score (nSPS) is 11.5. The number of aryl methyl sites for hydroxylation is 1. The molecule has 0 aliphatic heterocycles. The Hall–Kier alpha value is -1.03. The molecule has 2 N–H and O–H groups in total. The number of hydrogen-bond donors (Lipinski definition) is 1. The van der Waals surface area contributed by atoms with E-state index in [0.717, 1.165) is 28.5 Å². The number of anilines is 1. The Morgan fingerprint density at radius 3 is 2.88 bits per heavy atom. The highest BCUT2D eigenvalue weighted by Gasteiger charge is 2.08. The minimum atomic E-state index is 0.605. The smallest absolute Gasteiger partial charge is 0.201 e. The van der Waals surface area contributed by atoms with Gasteiger partial charge in [0.2, 0.25) is 5.95 Å². The van der Waals surface area contributed by atoms with Crippen molar-refractivity contribution >= 4 is 32.9 Å². The van der Waals surface area contributed by atoms with Crippen molar-refractivity contribution in [2.45, 2.75) is 26.8 Å². The van der Waals surface area contributed by atoms with Gasteiger partial charge in [-0.1, -0.05) is 29.8 Å². The Labute approximate surface area is 104 Å². The maximum atomic E-state index is 5.93. The lowest BCUT2D eigenvalue weighted by Gasteiger charge is -2.08. The lowest BCUT2D eigenvalue weighted by molar-refractivity contribution is 0.526. The predicted molar refractivity (Wildman–Crippen MR) is 71.3 cm³/mol. The van der Waals surface area contributed by atoms with Crippen molar-refractivity contribution in [3.8, 4) is 0 Å². The van der Waals surface area contributed by atoms with Gasteiger partial charge in [0.1, 0.15) is 0 Å². The summed E-state index contributed by atoms with van der Waals surface area (Å²) in [5, 5.41) is 0. The number of benzene rings is 1. The summed E-state index contributed by atoms with van der Waals surface area (Å²) in [6, 6.07) is 6.04. The Morgan fingerprint density at radius 2 is 2.19 bits per heavy atom. The second kappa shape index (κ2) is 4.45. The van der Waals surface area contributed by atoms with Gasteiger partial charge in [0.15, 0.2) is 0 Å². The maximum Gasteiger partial charge on any atom is 0.201 e. The molecule has 0 atom stereocenters. The molecular formula is C12H16BrN3. The Morgan fingerprint density at radius 1 is 1.44 bits per heavy atom. The number of imidazole rings is 1. The number of nitrogen functional groups attached to an aromatic ring is 1. The Bertz CT molecular complexity index is 502. The molecule has 0 saturated carbocycles. The molecule has 2 rings (SSSR count). The van der Waals surface area contributed by atoms with Crippen molar-refractivity contribution in [1.82, 2.24) is 9.55 Å². The summed E-state index contributed by atoms with van der Waals surface area (Å²) in [4.78, 5) is 4.35. The van der Waals surface area contributed by atoms with Gasteiger partial charge < -0.3 is 10.3 Å². The van der Waals surface area contributed by atoms with Crippen LogP contribution in [0.2, 0.25) is 0 Å². The predicted octanol–water partition coefficient (Wildman–Crippen LogP) is 3.43. The zero-order valence-electron chi connectivity index (χ0n) is 9.57. The molecule has 2 aromatic rings. The average Bonchev–Trinajstić information content (AvgIpc) is 2.51. The fourth-order valence-electron chi connectivity index (χ4n) is 1.74. The number of aromatic nitrogens is 2.